The molecule has 154 valence electrons. The van der Waals surface area contributed by atoms with Gasteiger partial charge in [-0.15, -0.1) is 0 Å². The third-order valence-corrected chi connectivity index (χ3v) is 5.83. The van der Waals surface area contributed by atoms with E-state index in [9.17, 15) is 9.59 Å². The van der Waals surface area contributed by atoms with Crippen LogP contribution in [0.15, 0.2) is 36.7 Å². The molecule has 29 heavy (non-hydrogen) atoms. The number of nitrogens with zero attached hydrogens (tertiary/aromatic N) is 3. The molecule has 1 atom stereocenters. The Balaban J connectivity index is 1.44. The smallest absolute Gasteiger partial charge is 0.250 e. The van der Waals surface area contributed by atoms with Gasteiger partial charge in [-0.1, -0.05) is 12.1 Å². The molecular formula is C21H26N4O4. The molecule has 1 aromatic carbocycles. The lowest BCUT2D eigenvalue weighted by Crippen LogP contribution is -2.54. The van der Waals surface area contributed by atoms with Gasteiger partial charge in [0.05, 0.1) is 20.1 Å². The van der Waals surface area contributed by atoms with Crippen LogP contribution in [0.5, 0.6) is 5.75 Å². The van der Waals surface area contributed by atoms with E-state index in [1.165, 1.54) is 0 Å². The summed E-state index contributed by atoms with van der Waals surface area (Å²) >= 11 is 0. The van der Waals surface area contributed by atoms with E-state index in [-0.39, 0.29) is 11.8 Å². The summed E-state index contributed by atoms with van der Waals surface area (Å²) in [5, 5.41) is 2.67. The maximum absolute atomic E-state index is 12.8. The van der Waals surface area contributed by atoms with Crippen molar-refractivity contribution in [3.63, 3.8) is 0 Å². The van der Waals surface area contributed by atoms with Gasteiger partial charge in [0.25, 0.3) is 5.91 Å². The number of amides is 2. The zero-order chi connectivity index (χ0) is 20.4. The molecule has 0 radical (unpaired) electrons. The predicted molar refractivity (Wildman–Crippen MR) is 105 cm³/mol. The summed E-state index contributed by atoms with van der Waals surface area (Å²) in [5.74, 6) is 1.57. The quantitative estimate of drug-likeness (QED) is 0.834. The van der Waals surface area contributed by atoms with Crippen LogP contribution in [0.25, 0.3) is 0 Å². The van der Waals surface area contributed by atoms with Crippen LogP contribution in [0.2, 0.25) is 0 Å². The molecule has 8 heteroatoms. The summed E-state index contributed by atoms with van der Waals surface area (Å²) in [6.07, 6.45) is 4.67. The van der Waals surface area contributed by atoms with E-state index >= 15 is 0 Å². The van der Waals surface area contributed by atoms with Crippen LogP contribution in [-0.4, -0.2) is 59.6 Å². The first kappa shape index (κ1) is 19.4. The largest absolute Gasteiger partial charge is 0.497 e. The topological polar surface area (TPSA) is 85.7 Å². The summed E-state index contributed by atoms with van der Waals surface area (Å²) in [4.78, 5) is 31.3. The summed E-state index contributed by atoms with van der Waals surface area (Å²) in [7, 11) is 3.24. The molecule has 1 fully saturated rings. The zero-order valence-corrected chi connectivity index (χ0v) is 16.8. The molecule has 1 aromatic heterocycles. The van der Waals surface area contributed by atoms with Gasteiger partial charge in [-0.05, 0) is 17.7 Å². The summed E-state index contributed by atoms with van der Waals surface area (Å²) < 4.78 is 13.4. The normalized spacial score (nSPS) is 20.2. The molecule has 0 saturated carbocycles. The summed E-state index contributed by atoms with van der Waals surface area (Å²) in [6, 6.07) is 7.55. The Labute approximate surface area is 169 Å². The van der Waals surface area contributed by atoms with Crippen molar-refractivity contribution in [1.29, 1.82) is 0 Å². The number of hydrogen-bond acceptors (Lipinski definition) is 5. The lowest BCUT2D eigenvalue weighted by atomic mass is 9.88. The average Bonchev–Trinajstić information content (AvgIpc) is 3.24. The number of nitrogens with one attached hydrogen (secondary N) is 1. The highest BCUT2D eigenvalue weighted by molar-refractivity contribution is 5.80. The van der Waals surface area contributed by atoms with E-state index in [2.05, 4.69) is 10.3 Å². The number of carbonyl (C=O) groups excluding carboxylic acids is 2. The number of imidazole rings is 1. The lowest BCUT2D eigenvalue weighted by Gasteiger charge is -2.45. The van der Waals surface area contributed by atoms with Crippen LogP contribution >= 0.6 is 0 Å². The fourth-order valence-corrected chi connectivity index (χ4v) is 4.18. The standard InChI is InChI=1S/C21H26N4O4/c1-22-19(27)17-14-25-12-9-23-20(25)21(29-17)7-10-24(11-8-21)18(26)13-15-3-5-16(28-2)6-4-15/h3-6,9,12,17H,7-8,10-11,13-14H2,1-2H3,(H,22,27). The third-order valence-electron chi connectivity index (χ3n) is 5.83. The van der Waals surface area contributed by atoms with E-state index in [1.807, 2.05) is 39.9 Å². The minimum Gasteiger partial charge on any atom is -0.497 e. The molecule has 4 rings (SSSR count). The number of piperidine rings is 1. The van der Waals surface area contributed by atoms with E-state index < -0.39 is 11.7 Å². The lowest BCUT2D eigenvalue weighted by molar-refractivity contribution is -0.175. The van der Waals surface area contributed by atoms with Crippen molar-refractivity contribution in [3.8, 4) is 5.75 Å². The number of likely N-dealkylation sites (tertiary alicyclic amines) is 1. The van der Waals surface area contributed by atoms with Gasteiger partial charge in [0.15, 0.2) is 6.10 Å². The van der Waals surface area contributed by atoms with Crippen LogP contribution in [0, 0.1) is 0 Å². The molecule has 2 aromatic rings. The monoisotopic (exact) mass is 398 g/mol. The molecule has 2 aliphatic heterocycles. The predicted octanol–water partition coefficient (Wildman–Crippen LogP) is 1.10. The minimum atomic E-state index is -0.629. The van der Waals surface area contributed by atoms with Crippen molar-refractivity contribution in [2.24, 2.45) is 0 Å². The molecule has 1 unspecified atom stereocenters. The SMILES string of the molecule is CNC(=O)C1Cn2ccnc2C2(CCN(C(=O)Cc3ccc(OC)cc3)CC2)O1. The first-order chi connectivity index (χ1) is 14.0. The third kappa shape index (κ3) is 3.72. The van der Waals surface area contributed by atoms with E-state index in [1.54, 1.807) is 20.4 Å². The fourth-order valence-electron chi connectivity index (χ4n) is 4.18. The Morgan fingerprint density at radius 1 is 1.28 bits per heavy atom. The maximum atomic E-state index is 12.8. The number of aromatic nitrogens is 2. The van der Waals surface area contributed by atoms with Crippen LogP contribution in [-0.2, 0) is 32.9 Å². The van der Waals surface area contributed by atoms with Gasteiger partial charge in [-0.2, -0.15) is 0 Å². The molecular weight excluding hydrogens is 372 g/mol. The first-order valence-corrected chi connectivity index (χ1v) is 9.86. The van der Waals surface area contributed by atoms with Crippen molar-refractivity contribution in [1.82, 2.24) is 19.8 Å². The highest BCUT2D eigenvalue weighted by atomic mass is 16.5. The Hall–Kier alpha value is -2.87. The molecule has 1 saturated heterocycles. The second-order valence-corrected chi connectivity index (χ2v) is 7.52. The molecule has 0 aliphatic carbocycles. The maximum Gasteiger partial charge on any atom is 0.250 e. The highest BCUT2D eigenvalue weighted by Crippen LogP contribution is 2.40. The van der Waals surface area contributed by atoms with Gasteiger partial charge in [-0.25, -0.2) is 4.98 Å². The molecule has 8 nitrogen and oxygen atoms in total. The molecule has 2 aliphatic rings. The number of ether oxygens (including phenoxy) is 2. The Morgan fingerprint density at radius 2 is 2.00 bits per heavy atom. The van der Waals surface area contributed by atoms with Crippen LogP contribution in [0.3, 0.4) is 0 Å². The average molecular weight is 398 g/mol. The van der Waals surface area contributed by atoms with E-state index in [0.717, 1.165) is 17.1 Å². The van der Waals surface area contributed by atoms with Crippen LogP contribution in [0.4, 0.5) is 0 Å². The molecule has 0 bridgehead atoms. The summed E-state index contributed by atoms with van der Waals surface area (Å²) in [5.41, 5.74) is 0.329. The van der Waals surface area contributed by atoms with Crippen molar-refractivity contribution < 1.29 is 19.1 Å². The number of likely N-dealkylation sites (N-methyl/N-ethyl adjacent to an activating group) is 1. The Kier molecular flexibility index (Phi) is 5.27. The molecule has 1 spiro atoms. The van der Waals surface area contributed by atoms with Crippen LogP contribution < -0.4 is 10.1 Å². The number of carbonyl (C=O) groups is 2. The van der Waals surface area contributed by atoms with Crippen LogP contribution in [0.1, 0.15) is 24.2 Å². The Bertz CT molecular complexity index is 884. The minimum absolute atomic E-state index is 0.0898. The zero-order valence-electron chi connectivity index (χ0n) is 16.8. The highest BCUT2D eigenvalue weighted by Gasteiger charge is 2.47. The Morgan fingerprint density at radius 3 is 2.66 bits per heavy atom. The molecule has 2 amide bonds. The van der Waals surface area contributed by atoms with Crippen molar-refractivity contribution in [3.05, 3.63) is 48.0 Å². The number of methoxy groups -OCH3 is 1. The summed E-state index contributed by atoms with van der Waals surface area (Å²) in [6.45, 7) is 1.60. The van der Waals surface area contributed by atoms with E-state index in [4.69, 9.17) is 9.47 Å². The van der Waals surface area contributed by atoms with E-state index in [0.29, 0.717) is 38.9 Å². The van der Waals surface area contributed by atoms with Crippen molar-refractivity contribution in [2.75, 3.05) is 27.2 Å². The molecule has 3 heterocycles. The van der Waals surface area contributed by atoms with Gasteiger partial charge in [0, 0.05) is 45.4 Å². The number of fused-ring (bicyclic) bond motifs is 2. The van der Waals surface area contributed by atoms with Gasteiger partial charge in [0.2, 0.25) is 5.91 Å². The number of benzene rings is 1. The fraction of sp³-hybridized carbons (Fsp3) is 0.476. The second-order valence-electron chi connectivity index (χ2n) is 7.52. The number of hydrogen-bond donors (Lipinski definition) is 1. The van der Waals surface area contributed by atoms with Gasteiger partial charge in [-0.3, -0.25) is 9.59 Å². The van der Waals surface area contributed by atoms with Crippen molar-refractivity contribution in [2.45, 2.75) is 37.5 Å². The van der Waals surface area contributed by atoms with Gasteiger partial charge >= 0.3 is 0 Å². The first-order valence-electron chi connectivity index (χ1n) is 9.86. The second kappa shape index (κ2) is 7.87. The van der Waals surface area contributed by atoms with Gasteiger partial charge in [0.1, 0.15) is 17.2 Å². The number of rotatable bonds is 4. The molecule has 1 N–H and O–H groups in total. The van der Waals surface area contributed by atoms with Crippen molar-refractivity contribution >= 4 is 11.8 Å². The van der Waals surface area contributed by atoms with Gasteiger partial charge < -0.3 is 24.3 Å².